The number of alkyl halides is 6. The van der Waals surface area contributed by atoms with Crippen LogP contribution in [0.1, 0.15) is 11.1 Å². The zero-order valence-corrected chi connectivity index (χ0v) is 11.8. The second kappa shape index (κ2) is 8.09. The largest absolute Gasteiger partial charge is 0.499 e. The van der Waals surface area contributed by atoms with Gasteiger partial charge in [-0.1, -0.05) is 6.58 Å². The zero-order chi connectivity index (χ0) is 17.5. The topological polar surface area (TPSA) is 27.7 Å². The Hall–Kier alpha value is -1.90. The summed E-state index contributed by atoms with van der Waals surface area (Å²) in [6, 6.07) is 1.06. The van der Waals surface area contributed by atoms with Crippen molar-refractivity contribution in [3.63, 3.8) is 0 Å². The molecule has 0 bridgehead atoms. The molecule has 0 radical (unpaired) electrons. The van der Waals surface area contributed by atoms with Crippen molar-refractivity contribution in [1.29, 1.82) is 0 Å². The van der Waals surface area contributed by atoms with E-state index in [1.54, 1.807) is 0 Å². The molecule has 0 heterocycles. The van der Waals surface area contributed by atoms with Crippen molar-refractivity contribution in [2.75, 3.05) is 26.4 Å². The molecule has 9 heteroatoms. The minimum atomic E-state index is -4.90. The summed E-state index contributed by atoms with van der Waals surface area (Å²) < 4.78 is 90.4. The van der Waals surface area contributed by atoms with Gasteiger partial charge in [0, 0.05) is 0 Å². The lowest BCUT2D eigenvalue weighted by Gasteiger charge is -2.14. The second-order valence-electron chi connectivity index (χ2n) is 4.24. The van der Waals surface area contributed by atoms with Crippen LogP contribution in [0.25, 0.3) is 0 Å². The zero-order valence-electron chi connectivity index (χ0n) is 11.8. The van der Waals surface area contributed by atoms with Gasteiger partial charge in [0.05, 0.1) is 30.6 Å². The molecule has 0 unspecified atom stereocenters. The molecule has 0 spiro atoms. The molecule has 1 aromatic rings. The molecule has 0 N–H and O–H groups in total. The van der Waals surface area contributed by atoms with E-state index in [0.717, 1.165) is 0 Å². The highest BCUT2D eigenvalue weighted by Crippen LogP contribution is 2.38. The minimum Gasteiger partial charge on any atom is -0.499 e. The van der Waals surface area contributed by atoms with E-state index in [9.17, 15) is 26.3 Å². The van der Waals surface area contributed by atoms with E-state index in [1.807, 2.05) is 0 Å². The second-order valence-corrected chi connectivity index (χ2v) is 4.24. The average molecular weight is 344 g/mol. The Morgan fingerprint density at radius 1 is 0.826 bits per heavy atom. The normalized spacial score (nSPS) is 12.1. The summed E-state index contributed by atoms with van der Waals surface area (Å²) in [6.07, 6.45) is -8.60. The van der Waals surface area contributed by atoms with Crippen molar-refractivity contribution in [2.45, 2.75) is 12.4 Å². The van der Waals surface area contributed by atoms with Crippen molar-refractivity contribution in [1.82, 2.24) is 0 Å². The van der Waals surface area contributed by atoms with Gasteiger partial charge in [-0.05, 0) is 18.2 Å². The average Bonchev–Trinajstić information content (AvgIpc) is 2.44. The molecule has 0 fully saturated rings. The number of ether oxygens (including phenoxy) is 3. The van der Waals surface area contributed by atoms with E-state index in [2.05, 4.69) is 6.58 Å². The highest BCUT2D eigenvalue weighted by Gasteiger charge is 2.37. The summed E-state index contributed by atoms with van der Waals surface area (Å²) in [4.78, 5) is 0. The third-order valence-corrected chi connectivity index (χ3v) is 2.52. The predicted octanol–water partition coefficient (Wildman–Crippen LogP) is 4.28. The fourth-order valence-electron chi connectivity index (χ4n) is 1.52. The fraction of sp³-hybridized carbons (Fsp3) is 0.429. The van der Waals surface area contributed by atoms with Crippen LogP contribution in [-0.4, -0.2) is 26.4 Å². The first-order chi connectivity index (χ1) is 10.6. The molecular formula is C14H14F6O3. The summed E-state index contributed by atoms with van der Waals surface area (Å²) in [5.41, 5.74) is -2.86. The first-order valence-corrected chi connectivity index (χ1v) is 6.37. The van der Waals surface area contributed by atoms with Crippen molar-refractivity contribution < 1.29 is 40.6 Å². The first kappa shape index (κ1) is 19.1. The van der Waals surface area contributed by atoms with Crippen molar-refractivity contribution >= 4 is 0 Å². The first-order valence-electron chi connectivity index (χ1n) is 6.37. The van der Waals surface area contributed by atoms with Crippen LogP contribution < -0.4 is 4.74 Å². The Balaban J connectivity index is 2.69. The van der Waals surface area contributed by atoms with Gasteiger partial charge in [-0.25, -0.2) is 0 Å². The van der Waals surface area contributed by atoms with E-state index in [4.69, 9.17) is 14.2 Å². The van der Waals surface area contributed by atoms with Gasteiger partial charge < -0.3 is 14.2 Å². The lowest BCUT2D eigenvalue weighted by Crippen LogP contribution is -2.13. The van der Waals surface area contributed by atoms with E-state index < -0.39 is 29.2 Å². The monoisotopic (exact) mass is 344 g/mol. The van der Waals surface area contributed by atoms with Gasteiger partial charge in [0.2, 0.25) is 0 Å². The fourth-order valence-corrected chi connectivity index (χ4v) is 1.52. The molecule has 1 aromatic carbocycles. The molecule has 0 aliphatic carbocycles. The van der Waals surface area contributed by atoms with Crippen LogP contribution in [0.15, 0.2) is 31.0 Å². The summed E-state index contributed by atoms with van der Waals surface area (Å²) in [7, 11) is 0. The maximum Gasteiger partial charge on any atom is 0.416 e. The lowest BCUT2D eigenvalue weighted by molar-refractivity contribution is -0.143. The Labute approximate surface area is 128 Å². The van der Waals surface area contributed by atoms with Crippen LogP contribution in [0.5, 0.6) is 5.75 Å². The van der Waals surface area contributed by atoms with Crippen LogP contribution in [-0.2, 0) is 21.8 Å². The molecule has 23 heavy (non-hydrogen) atoms. The van der Waals surface area contributed by atoms with Gasteiger partial charge in [-0.15, -0.1) is 0 Å². The molecule has 0 amide bonds. The van der Waals surface area contributed by atoms with Crippen LogP contribution in [0.2, 0.25) is 0 Å². The van der Waals surface area contributed by atoms with Crippen LogP contribution in [0.3, 0.4) is 0 Å². The lowest BCUT2D eigenvalue weighted by atomic mass is 10.1. The molecule has 0 saturated carbocycles. The minimum absolute atomic E-state index is 0.0158. The number of hydrogen-bond acceptors (Lipinski definition) is 3. The maximum atomic E-state index is 12.6. The van der Waals surface area contributed by atoms with E-state index in [-0.39, 0.29) is 32.5 Å². The van der Waals surface area contributed by atoms with Crippen molar-refractivity contribution in [3.05, 3.63) is 42.2 Å². The van der Waals surface area contributed by atoms with Crippen LogP contribution in [0, 0.1) is 0 Å². The Bertz CT molecular complexity index is 478. The summed E-state index contributed by atoms with van der Waals surface area (Å²) in [5, 5.41) is 0. The SMILES string of the molecule is C=COCCOCCOc1cc(C(F)(F)F)cc(C(F)(F)F)c1. The quantitative estimate of drug-likeness (QED) is 0.400. The van der Waals surface area contributed by atoms with E-state index in [0.29, 0.717) is 12.1 Å². The summed E-state index contributed by atoms with van der Waals surface area (Å²) in [5.74, 6) is -0.530. The third-order valence-electron chi connectivity index (χ3n) is 2.52. The smallest absolute Gasteiger partial charge is 0.416 e. The Morgan fingerprint density at radius 2 is 1.35 bits per heavy atom. The van der Waals surface area contributed by atoms with Crippen molar-refractivity contribution in [2.24, 2.45) is 0 Å². The van der Waals surface area contributed by atoms with Crippen LogP contribution >= 0.6 is 0 Å². The molecule has 3 nitrogen and oxygen atoms in total. The molecule has 0 aromatic heterocycles. The van der Waals surface area contributed by atoms with Gasteiger partial charge in [0.1, 0.15) is 19.0 Å². The van der Waals surface area contributed by atoms with E-state index in [1.165, 1.54) is 6.26 Å². The number of benzene rings is 1. The van der Waals surface area contributed by atoms with Gasteiger partial charge >= 0.3 is 12.4 Å². The summed E-state index contributed by atoms with van der Waals surface area (Å²) >= 11 is 0. The van der Waals surface area contributed by atoms with Crippen LogP contribution in [0.4, 0.5) is 26.3 Å². The molecular weight excluding hydrogens is 330 g/mol. The molecule has 1 rings (SSSR count). The Kier molecular flexibility index (Phi) is 6.74. The number of hydrogen-bond donors (Lipinski definition) is 0. The highest BCUT2D eigenvalue weighted by atomic mass is 19.4. The third kappa shape index (κ3) is 6.81. The molecule has 130 valence electrons. The highest BCUT2D eigenvalue weighted by molar-refractivity contribution is 5.37. The van der Waals surface area contributed by atoms with Gasteiger partial charge in [-0.2, -0.15) is 26.3 Å². The van der Waals surface area contributed by atoms with Crippen molar-refractivity contribution in [3.8, 4) is 5.75 Å². The molecule has 0 aliphatic heterocycles. The summed E-state index contributed by atoms with van der Waals surface area (Å²) in [6.45, 7) is 3.50. The van der Waals surface area contributed by atoms with Gasteiger partial charge in [0.25, 0.3) is 0 Å². The maximum absolute atomic E-state index is 12.6. The molecule has 0 saturated heterocycles. The number of halogens is 6. The van der Waals surface area contributed by atoms with E-state index >= 15 is 0 Å². The number of rotatable bonds is 8. The Morgan fingerprint density at radius 3 is 1.83 bits per heavy atom. The van der Waals surface area contributed by atoms with Gasteiger partial charge in [-0.3, -0.25) is 0 Å². The molecule has 0 atom stereocenters. The molecule has 0 aliphatic rings. The predicted molar refractivity (Wildman–Crippen MR) is 68.9 cm³/mol. The standard InChI is InChI=1S/C14H14F6O3/c1-2-21-3-4-22-5-6-23-12-8-10(13(15,16)17)7-11(9-12)14(18,19)20/h2,7-9H,1,3-6H2. The van der Waals surface area contributed by atoms with Gasteiger partial charge in [0.15, 0.2) is 0 Å².